The van der Waals surface area contributed by atoms with Crippen LogP contribution in [0.3, 0.4) is 0 Å². The van der Waals surface area contributed by atoms with Crippen LogP contribution in [0.25, 0.3) is 0 Å². The maximum absolute atomic E-state index is 14.5. The van der Waals surface area contributed by atoms with E-state index in [4.69, 9.17) is 11.6 Å². The summed E-state index contributed by atoms with van der Waals surface area (Å²) in [5.74, 6) is -3.71. The number of carboxylic acids is 1. The van der Waals surface area contributed by atoms with Crippen molar-refractivity contribution in [3.05, 3.63) is 46.1 Å². The third-order valence-corrected chi connectivity index (χ3v) is 8.70. The monoisotopic (exact) mass is 492 g/mol. The van der Waals surface area contributed by atoms with Crippen LogP contribution in [0.2, 0.25) is 5.02 Å². The number of fused-ring (bicyclic) bond motifs is 1. The highest BCUT2D eigenvalue weighted by molar-refractivity contribution is 6.31. The minimum Gasteiger partial charge on any atom is -0.481 e. The molecule has 1 aliphatic heterocycles. The van der Waals surface area contributed by atoms with Crippen LogP contribution in [0.1, 0.15) is 76.8 Å². The zero-order valence-electron chi connectivity index (χ0n) is 19.8. The Labute approximate surface area is 203 Å². The van der Waals surface area contributed by atoms with Crippen molar-refractivity contribution in [1.29, 1.82) is 0 Å². The molecular formula is C26H31ClF2N2O3. The first kappa shape index (κ1) is 23.6. The standard InChI is InChI=1S/C26H31ClF2N2O3/c1-22(2,3)7-6-16-4-5-17(10-19(16)27)26-9-8-25(28,29)11-18(26)12-31(21(34)30-26)24-13-23(14-24,15-24)20(32)33/h4-5,10,12H,6-9,11,13-15H2,1-3H3,(H,30,34)(H,32,33). The van der Waals surface area contributed by atoms with Crippen LogP contribution in [0.15, 0.2) is 30.0 Å². The predicted molar refractivity (Wildman–Crippen MR) is 125 cm³/mol. The number of hydrogen-bond acceptors (Lipinski definition) is 2. The summed E-state index contributed by atoms with van der Waals surface area (Å²) in [4.78, 5) is 26.3. The summed E-state index contributed by atoms with van der Waals surface area (Å²) >= 11 is 6.64. The number of urea groups is 1. The predicted octanol–water partition coefficient (Wildman–Crippen LogP) is 6.25. The molecule has 4 aliphatic carbocycles. The molecular weight excluding hydrogens is 462 g/mol. The van der Waals surface area contributed by atoms with Crippen molar-refractivity contribution in [2.75, 3.05) is 0 Å². The largest absolute Gasteiger partial charge is 0.481 e. The van der Waals surface area contributed by atoms with E-state index in [1.54, 1.807) is 6.20 Å². The van der Waals surface area contributed by atoms with Gasteiger partial charge in [-0.25, -0.2) is 13.6 Å². The number of aryl methyl sites for hydroxylation is 1. The lowest BCUT2D eigenvalue weighted by Gasteiger charge is -2.71. The first-order valence-corrected chi connectivity index (χ1v) is 12.3. The summed E-state index contributed by atoms with van der Waals surface area (Å²) in [7, 11) is 0. The van der Waals surface area contributed by atoms with E-state index < -0.39 is 34.8 Å². The topological polar surface area (TPSA) is 69.6 Å². The van der Waals surface area contributed by atoms with E-state index in [1.165, 1.54) is 4.90 Å². The average Bonchev–Trinajstić information content (AvgIpc) is 2.64. The molecule has 1 unspecified atom stereocenters. The normalized spacial score (nSPS) is 33.8. The lowest BCUT2D eigenvalue weighted by atomic mass is 9.38. The fourth-order valence-electron chi connectivity index (χ4n) is 6.30. The third kappa shape index (κ3) is 3.53. The van der Waals surface area contributed by atoms with Gasteiger partial charge in [-0.1, -0.05) is 44.5 Å². The number of rotatable bonds is 5. The molecule has 0 saturated heterocycles. The molecule has 5 aliphatic rings. The van der Waals surface area contributed by atoms with E-state index in [0.717, 1.165) is 18.4 Å². The molecule has 8 heteroatoms. The SMILES string of the molecule is CC(C)(C)CCc1ccc(C23CCC(F)(F)CC2=CN(C24CC(C(=O)O)(C2)C4)C(=O)N3)cc1Cl. The first-order valence-electron chi connectivity index (χ1n) is 11.9. The van der Waals surface area contributed by atoms with Crippen molar-refractivity contribution >= 4 is 23.6 Å². The highest BCUT2D eigenvalue weighted by atomic mass is 35.5. The summed E-state index contributed by atoms with van der Waals surface area (Å²) in [6.45, 7) is 6.50. The quantitative estimate of drug-likeness (QED) is 0.510. The van der Waals surface area contributed by atoms with Gasteiger partial charge in [0, 0.05) is 24.1 Å². The second kappa shape index (κ2) is 7.19. The van der Waals surface area contributed by atoms with E-state index in [1.807, 2.05) is 18.2 Å². The van der Waals surface area contributed by atoms with Crippen molar-refractivity contribution in [3.63, 3.8) is 0 Å². The highest BCUT2D eigenvalue weighted by Gasteiger charge is 2.75. The number of alkyl halides is 2. The van der Waals surface area contributed by atoms with Gasteiger partial charge in [0.15, 0.2) is 0 Å². The third-order valence-electron chi connectivity index (χ3n) is 8.34. The van der Waals surface area contributed by atoms with E-state index in [0.29, 0.717) is 35.4 Å². The molecule has 4 fully saturated rings. The molecule has 34 heavy (non-hydrogen) atoms. The van der Waals surface area contributed by atoms with E-state index in [2.05, 4.69) is 26.1 Å². The molecule has 1 heterocycles. The summed E-state index contributed by atoms with van der Waals surface area (Å²) in [6.07, 6.45) is 3.74. The summed E-state index contributed by atoms with van der Waals surface area (Å²) in [5.41, 5.74) is -0.0479. The molecule has 1 aromatic carbocycles. The molecule has 2 N–H and O–H groups in total. The van der Waals surface area contributed by atoms with Gasteiger partial charge in [-0.3, -0.25) is 9.69 Å². The van der Waals surface area contributed by atoms with Gasteiger partial charge in [0.05, 0.1) is 16.5 Å². The van der Waals surface area contributed by atoms with Crippen LogP contribution >= 0.6 is 11.6 Å². The minimum atomic E-state index is -2.86. The number of carbonyl (C=O) groups is 2. The fraction of sp³-hybridized carbons (Fsp3) is 0.615. The van der Waals surface area contributed by atoms with Crippen LogP contribution in [-0.4, -0.2) is 33.5 Å². The van der Waals surface area contributed by atoms with E-state index in [9.17, 15) is 23.5 Å². The Morgan fingerprint density at radius 2 is 1.88 bits per heavy atom. The lowest BCUT2D eigenvalue weighted by molar-refractivity contribution is -0.215. The summed E-state index contributed by atoms with van der Waals surface area (Å²) < 4.78 is 29.1. The molecule has 2 bridgehead atoms. The Balaban J connectivity index is 1.47. The Hall–Kier alpha value is -2.15. The zero-order chi connectivity index (χ0) is 24.7. The second-order valence-corrected chi connectivity index (χ2v) is 12.5. The number of carboxylic acid groups (broad SMARTS) is 1. The molecule has 0 spiro atoms. The molecule has 2 amide bonds. The lowest BCUT2D eigenvalue weighted by Crippen LogP contribution is -2.78. The van der Waals surface area contributed by atoms with Crippen molar-refractivity contribution in [2.45, 2.75) is 89.1 Å². The number of hydrogen-bond donors (Lipinski definition) is 2. The maximum Gasteiger partial charge on any atom is 0.322 e. The Kier molecular flexibility index (Phi) is 4.98. The molecule has 0 radical (unpaired) electrons. The summed E-state index contributed by atoms with van der Waals surface area (Å²) in [6, 6.07) is 5.30. The van der Waals surface area contributed by atoms with Gasteiger partial charge < -0.3 is 10.4 Å². The number of benzene rings is 1. The number of nitrogens with zero attached hydrogens (tertiary/aromatic N) is 1. The number of nitrogens with one attached hydrogen (secondary N) is 1. The molecule has 4 saturated carbocycles. The van der Waals surface area contributed by atoms with Gasteiger partial charge in [-0.15, -0.1) is 0 Å². The van der Waals surface area contributed by atoms with Crippen molar-refractivity contribution < 1.29 is 23.5 Å². The van der Waals surface area contributed by atoms with Crippen LogP contribution in [0, 0.1) is 10.8 Å². The number of halogens is 3. The second-order valence-electron chi connectivity index (χ2n) is 12.1. The van der Waals surface area contributed by atoms with Crippen LogP contribution in [-0.2, 0) is 16.8 Å². The maximum atomic E-state index is 14.5. The van der Waals surface area contributed by atoms with Crippen LogP contribution in [0.4, 0.5) is 13.6 Å². The van der Waals surface area contributed by atoms with Gasteiger partial charge in [0.1, 0.15) is 0 Å². The van der Waals surface area contributed by atoms with Crippen molar-refractivity contribution in [3.8, 4) is 0 Å². The highest BCUT2D eigenvalue weighted by Crippen LogP contribution is 2.70. The number of carbonyl (C=O) groups excluding carboxylic acids is 1. The average molecular weight is 493 g/mol. The number of amides is 2. The zero-order valence-corrected chi connectivity index (χ0v) is 20.6. The fourth-order valence-corrected chi connectivity index (χ4v) is 6.58. The van der Waals surface area contributed by atoms with Gasteiger partial charge in [-0.05, 0) is 66.7 Å². The Morgan fingerprint density at radius 1 is 1.21 bits per heavy atom. The van der Waals surface area contributed by atoms with Gasteiger partial charge in [-0.2, -0.15) is 0 Å². The molecule has 5 nitrogen and oxygen atoms in total. The van der Waals surface area contributed by atoms with Crippen molar-refractivity contribution in [1.82, 2.24) is 10.2 Å². The molecule has 0 aromatic heterocycles. The minimum absolute atomic E-state index is 0.0785. The molecule has 184 valence electrons. The molecule has 1 atom stereocenters. The van der Waals surface area contributed by atoms with E-state index >= 15 is 0 Å². The Bertz CT molecular complexity index is 1090. The van der Waals surface area contributed by atoms with Crippen LogP contribution < -0.4 is 5.32 Å². The smallest absolute Gasteiger partial charge is 0.322 e. The van der Waals surface area contributed by atoms with Gasteiger partial charge >= 0.3 is 12.0 Å². The first-order chi connectivity index (χ1) is 15.7. The van der Waals surface area contributed by atoms with Crippen LogP contribution in [0.5, 0.6) is 0 Å². The summed E-state index contributed by atoms with van der Waals surface area (Å²) in [5, 5.41) is 13.1. The molecule has 1 aromatic rings. The van der Waals surface area contributed by atoms with Gasteiger partial charge in [0.2, 0.25) is 0 Å². The van der Waals surface area contributed by atoms with Crippen molar-refractivity contribution in [2.24, 2.45) is 10.8 Å². The molecule has 6 rings (SSSR count). The van der Waals surface area contributed by atoms with E-state index in [-0.39, 0.29) is 24.3 Å². The number of aliphatic carboxylic acids is 1. The van der Waals surface area contributed by atoms with Gasteiger partial charge in [0.25, 0.3) is 5.92 Å². The Morgan fingerprint density at radius 3 is 2.47 bits per heavy atom.